The predicted octanol–water partition coefficient (Wildman–Crippen LogP) is -2.61. The van der Waals surface area contributed by atoms with Gasteiger partial charge in [0.15, 0.2) is 0 Å². The van der Waals surface area contributed by atoms with E-state index in [1.807, 2.05) is 5.64 Å². The first kappa shape index (κ1) is 22.1. The second-order valence-corrected chi connectivity index (χ2v) is 7.36. The van der Waals surface area contributed by atoms with Crippen LogP contribution in [0.3, 0.4) is 0 Å². The summed E-state index contributed by atoms with van der Waals surface area (Å²) in [7, 11) is 1.27. The monoisotopic (exact) mass is 751 g/mol. The van der Waals surface area contributed by atoms with Gasteiger partial charge in [-0.3, -0.25) is 0 Å². The fourth-order valence-electron chi connectivity index (χ4n) is 0.487. The summed E-state index contributed by atoms with van der Waals surface area (Å²) in [6.45, 7) is 3.21. The summed E-state index contributed by atoms with van der Waals surface area (Å²) in [5, 5.41) is 10.6. The number of hydrogen-bond acceptors (Lipinski definition) is 12. The van der Waals surface area contributed by atoms with Gasteiger partial charge in [0.2, 0.25) is 0 Å². The number of hydroxylamine groups is 1. The molecule has 0 saturated heterocycles. The van der Waals surface area contributed by atoms with Gasteiger partial charge in [-0.2, -0.15) is 0 Å². The molecule has 0 rings (SSSR count). The molecule has 0 aromatic rings. The Morgan fingerprint density at radius 1 is 1.40 bits per heavy atom. The summed E-state index contributed by atoms with van der Waals surface area (Å²) in [6, 6.07) is 0. The molecule has 13 nitrogen and oxygen atoms in total. The molecule has 0 heterocycles. The molecule has 0 aromatic carbocycles. The van der Waals surface area contributed by atoms with E-state index in [-0.39, 0.29) is 0 Å². The zero-order valence-electron chi connectivity index (χ0n) is 9.42. The van der Waals surface area contributed by atoms with Crippen LogP contribution in [-0.2, 0) is 27.2 Å². The molecule has 0 saturated carbocycles. The number of alkyl halides is 1. The molecule has 17 heteroatoms. The summed E-state index contributed by atoms with van der Waals surface area (Å²) in [5.74, 6) is 0. The van der Waals surface area contributed by atoms with Gasteiger partial charge in [0.1, 0.15) is 0 Å². The van der Waals surface area contributed by atoms with Crippen molar-refractivity contribution in [2.45, 2.75) is 3.92 Å². The molecule has 0 amide bonds. The van der Waals surface area contributed by atoms with Gasteiger partial charge < -0.3 is 0 Å². The first-order chi connectivity index (χ1) is 9.51. The molecule has 0 bridgehead atoms. The Kier molecular flexibility index (Phi) is 13.8. The van der Waals surface area contributed by atoms with Crippen molar-refractivity contribution >= 4 is 75.3 Å². The Morgan fingerprint density at radius 2 is 2.10 bits per heavy atom. The molecule has 0 aromatic heterocycles. The van der Waals surface area contributed by atoms with Crippen LogP contribution in [0.1, 0.15) is 0 Å². The van der Waals surface area contributed by atoms with Crippen LogP contribution in [-0.4, -0.2) is 28.0 Å². The number of halogens is 4. The summed E-state index contributed by atoms with van der Waals surface area (Å²) in [6.07, 6.45) is 0. The fraction of sp³-hybridized carbons (Fsp3) is 0.667. The van der Waals surface area contributed by atoms with E-state index in [9.17, 15) is 0 Å². The van der Waals surface area contributed by atoms with Gasteiger partial charge in [-0.15, -0.1) is 0 Å². The van der Waals surface area contributed by atoms with Crippen LogP contribution in [0.25, 0.3) is 0 Å². The van der Waals surface area contributed by atoms with Crippen molar-refractivity contribution in [1.29, 1.82) is 0 Å². The average molecular weight is 751 g/mol. The van der Waals surface area contributed by atoms with Gasteiger partial charge in [0.05, 0.1) is 0 Å². The van der Waals surface area contributed by atoms with Crippen LogP contribution in [0.5, 0.6) is 0 Å². The van der Waals surface area contributed by atoms with Crippen molar-refractivity contribution in [3.63, 3.8) is 0 Å². The Labute approximate surface area is 166 Å². The van der Waals surface area contributed by atoms with Crippen LogP contribution in [0.15, 0.2) is 5.10 Å². The van der Waals surface area contributed by atoms with E-state index in [0.717, 1.165) is 0 Å². The van der Waals surface area contributed by atoms with Gasteiger partial charge in [0, 0.05) is 0 Å². The zero-order valence-corrected chi connectivity index (χ0v) is 18.0. The number of ether oxygens (including phenoxy) is 1. The van der Waals surface area contributed by atoms with Crippen molar-refractivity contribution in [2.24, 2.45) is 5.10 Å². The third-order valence-electron chi connectivity index (χ3n) is 1.22. The summed E-state index contributed by atoms with van der Waals surface area (Å²) in [4.78, 5) is 14.3. The van der Waals surface area contributed by atoms with E-state index < -0.39 is 31.0 Å². The third-order valence-corrected chi connectivity index (χ3v) is 4.01. The van der Waals surface area contributed by atoms with Gasteiger partial charge in [0.25, 0.3) is 0 Å². The summed E-state index contributed by atoms with van der Waals surface area (Å²) < 4.78 is 17.4. The maximum atomic E-state index is 8.48. The number of rotatable bonds is 13. The second kappa shape index (κ2) is 12.5. The molecule has 0 fully saturated rings. The molecule has 20 heavy (non-hydrogen) atoms. The van der Waals surface area contributed by atoms with Crippen LogP contribution in [0, 0.1) is 0 Å². The molecule has 0 aliphatic rings. The van der Waals surface area contributed by atoms with Crippen LogP contribution in [0.2, 0.25) is 0 Å². The molecule has 2 atom stereocenters. The Morgan fingerprint density at radius 3 is 2.55 bits per heavy atom. The molecule has 0 spiro atoms. The first-order valence-electron chi connectivity index (χ1n) is 3.98. The van der Waals surface area contributed by atoms with Crippen LogP contribution in [0.4, 0.5) is 0 Å². The molecular weight excluding hydrogens is 742 g/mol. The molecule has 0 radical (unpaired) electrons. The normalized spacial score (nSPS) is 17.6. The minimum atomic E-state index is -1.63. The molecular formula is C3H9I4N5O8. The number of nitrogens with zero attached hydrogens (tertiary/aromatic N) is 2. The van der Waals surface area contributed by atoms with E-state index in [0.29, 0.717) is 0 Å². The van der Waals surface area contributed by atoms with Crippen LogP contribution < -0.4 is 38.8 Å². The Hall–Kier alpha value is 2.11. The summed E-state index contributed by atoms with van der Waals surface area (Å²) >= 11 is 3.66. The topological polar surface area (TPSA) is 133 Å². The molecule has 122 valence electrons. The van der Waals surface area contributed by atoms with Crippen molar-refractivity contribution in [2.75, 3.05) is 7.11 Å². The minimum absolute atomic E-state index is 1.03. The molecule has 0 aliphatic carbocycles. The van der Waals surface area contributed by atoms with Gasteiger partial charge in [-0.05, 0) is 0 Å². The van der Waals surface area contributed by atoms with Crippen molar-refractivity contribution in [1.82, 2.24) is 16.8 Å². The molecule has 0 aliphatic heterocycles. The number of methoxy groups -OCH3 is 1. The average Bonchev–Trinajstić information content (AvgIpc) is 2.47. The molecule has 4 N–H and O–H groups in total. The Balaban J connectivity index is 4.47. The fourth-order valence-corrected chi connectivity index (χ4v) is 1.65. The quantitative estimate of drug-likeness (QED) is 0.0231. The number of nitrogens with one attached hydrogen (secondary N) is 3. The van der Waals surface area contributed by atoms with Crippen molar-refractivity contribution in [3.05, 3.63) is 0 Å². The van der Waals surface area contributed by atoms with Gasteiger partial charge in [-0.1, -0.05) is 0 Å². The second-order valence-electron chi connectivity index (χ2n) is 2.18. The zero-order chi connectivity index (χ0) is 15.5. The number of hydrogen-bond donors (Lipinski definition) is 4. The maximum absolute atomic E-state index is 8.48. The van der Waals surface area contributed by atoms with Crippen molar-refractivity contribution in [3.8, 4) is 0 Å². The molecule has 1 unspecified atom stereocenters. The standard InChI is InChI=1S/C3H9I4N5O8/c1-8-12(17-6,20-11-18-7-16-5)19-9-3(4,14-2)15-10-13/h9-11,13H,1H2,2H3/t3-,12?/m0/s1. The van der Waals surface area contributed by atoms with E-state index in [1.54, 1.807) is 45.6 Å². The third kappa shape index (κ3) is 8.67. The van der Waals surface area contributed by atoms with Gasteiger partial charge in [-0.25, -0.2) is 0 Å². The van der Waals surface area contributed by atoms with E-state index in [4.69, 9.17) is 26.2 Å². The van der Waals surface area contributed by atoms with Crippen LogP contribution >= 0.6 is 68.6 Å². The SMILES string of the molecule is C=N[N+](OI)(ONO[I-]OI)ON[C@@](I)(OC)ONO. The van der Waals surface area contributed by atoms with E-state index in [2.05, 4.69) is 23.5 Å². The Bertz CT molecular complexity index is 280. The van der Waals surface area contributed by atoms with Gasteiger partial charge >= 0.3 is 168 Å². The summed E-state index contributed by atoms with van der Waals surface area (Å²) in [5.41, 5.74) is 5.67. The predicted molar refractivity (Wildman–Crippen MR) is 79.3 cm³/mol. The first-order valence-corrected chi connectivity index (χ1v) is 8.58. The van der Waals surface area contributed by atoms with E-state index >= 15 is 0 Å². The van der Waals surface area contributed by atoms with E-state index in [1.165, 1.54) is 35.8 Å². The van der Waals surface area contributed by atoms with Crippen molar-refractivity contribution < 1.29 is 59.5 Å². The number of quaternary nitrogens is 1.